The van der Waals surface area contributed by atoms with E-state index in [1.807, 2.05) is 57.0 Å². The summed E-state index contributed by atoms with van der Waals surface area (Å²) < 4.78 is 5.41. The first-order valence-electron chi connectivity index (χ1n) is 7.93. The molecule has 0 saturated carbocycles. The second-order valence-electron chi connectivity index (χ2n) is 6.27. The largest absolute Gasteiger partial charge is 0.494 e. The van der Waals surface area contributed by atoms with E-state index in [2.05, 4.69) is 11.4 Å². The van der Waals surface area contributed by atoms with Crippen molar-refractivity contribution < 1.29 is 9.53 Å². The Morgan fingerprint density at radius 1 is 1.39 bits per heavy atom. The van der Waals surface area contributed by atoms with Crippen LogP contribution in [-0.4, -0.2) is 36.5 Å². The van der Waals surface area contributed by atoms with Crippen LogP contribution >= 0.6 is 0 Å². The molecule has 1 aromatic rings. The first-order valence-corrected chi connectivity index (χ1v) is 7.93. The number of carbonyl (C=O) groups excluding carboxylic acids is 1. The van der Waals surface area contributed by atoms with Crippen LogP contribution in [0.15, 0.2) is 24.3 Å². The number of nitrogens with zero attached hydrogens (tertiary/aromatic N) is 2. The number of carbonyl (C=O) groups is 1. The SMILES string of the molecule is CCOc1ccc(CN(C)CC(=O)N[C@@](C)(C#N)C(C)C)cc1. The summed E-state index contributed by atoms with van der Waals surface area (Å²) in [4.78, 5) is 14.1. The molecule has 0 heterocycles. The molecular weight excluding hydrogens is 290 g/mol. The van der Waals surface area contributed by atoms with Crippen LogP contribution < -0.4 is 10.1 Å². The molecule has 0 radical (unpaired) electrons. The van der Waals surface area contributed by atoms with Crippen molar-refractivity contribution in [3.05, 3.63) is 29.8 Å². The average molecular weight is 317 g/mol. The third kappa shape index (κ3) is 5.91. The number of hydrogen-bond acceptors (Lipinski definition) is 4. The van der Waals surface area contributed by atoms with Gasteiger partial charge < -0.3 is 10.1 Å². The molecule has 0 bridgehead atoms. The molecule has 0 fully saturated rings. The Labute approximate surface area is 139 Å². The van der Waals surface area contributed by atoms with Crippen LogP contribution in [0.3, 0.4) is 0 Å². The summed E-state index contributed by atoms with van der Waals surface area (Å²) in [6, 6.07) is 10.0. The second kappa shape index (κ2) is 8.54. The van der Waals surface area contributed by atoms with E-state index in [1.165, 1.54) is 0 Å². The van der Waals surface area contributed by atoms with E-state index < -0.39 is 5.54 Å². The molecule has 0 aliphatic rings. The highest BCUT2D eigenvalue weighted by atomic mass is 16.5. The number of likely N-dealkylation sites (N-methyl/N-ethyl adjacent to an activating group) is 1. The molecule has 5 heteroatoms. The molecule has 5 nitrogen and oxygen atoms in total. The second-order valence-corrected chi connectivity index (χ2v) is 6.27. The fourth-order valence-corrected chi connectivity index (χ4v) is 2.10. The van der Waals surface area contributed by atoms with Crippen LogP contribution in [0.5, 0.6) is 5.75 Å². The minimum absolute atomic E-state index is 0.0490. The molecule has 1 N–H and O–H groups in total. The van der Waals surface area contributed by atoms with Crippen molar-refractivity contribution in [2.24, 2.45) is 5.92 Å². The van der Waals surface area contributed by atoms with Crippen LogP contribution in [0.2, 0.25) is 0 Å². The molecule has 1 rings (SSSR count). The van der Waals surface area contributed by atoms with Crippen molar-refractivity contribution in [1.29, 1.82) is 5.26 Å². The molecule has 0 aromatic heterocycles. The van der Waals surface area contributed by atoms with Gasteiger partial charge in [0.05, 0.1) is 19.2 Å². The summed E-state index contributed by atoms with van der Waals surface area (Å²) in [6.45, 7) is 9.10. The molecule has 0 aliphatic carbocycles. The Hall–Kier alpha value is -2.06. The standard InChI is InChI=1S/C18H27N3O2/c1-6-23-16-9-7-15(8-10-16)11-21(5)12-17(22)20-18(4,13-19)14(2)3/h7-10,14H,6,11-12H2,1-5H3,(H,20,22)/t18-/m0/s1. The molecule has 1 aromatic carbocycles. The van der Waals surface area contributed by atoms with Crippen molar-refractivity contribution >= 4 is 5.91 Å². The lowest BCUT2D eigenvalue weighted by molar-refractivity contribution is -0.123. The molecule has 0 unspecified atom stereocenters. The van der Waals surface area contributed by atoms with Gasteiger partial charge in [0.25, 0.3) is 0 Å². The van der Waals surface area contributed by atoms with Crippen LogP contribution in [0.25, 0.3) is 0 Å². The molecule has 23 heavy (non-hydrogen) atoms. The Kier molecular flexibility index (Phi) is 7.05. The minimum atomic E-state index is -0.836. The fourth-order valence-electron chi connectivity index (χ4n) is 2.10. The van der Waals surface area contributed by atoms with Gasteiger partial charge in [0.1, 0.15) is 11.3 Å². The molecule has 0 spiro atoms. The van der Waals surface area contributed by atoms with Crippen LogP contribution in [0.4, 0.5) is 0 Å². The lowest BCUT2D eigenvalue weighted by Gasteiger charge is -2.28. The maximum absolute atomic E-state index is 12.1. The van der Waals surface area contributed by atoms with Gasteiger partial charge in [-0.2, -0.15) is 5.26 Å². The minimum Gasteiger partial charge on any atom is -0.494 e. The van der Waals surface area contributed by atoms with E-state index >= 15 is 0 Å². The van der Waals surface area contributed by atoms with Crippen molar-refractivity contribution in [2.75, 3.05) is 20.2 Å². The van der Waals surface area contributed by atoms with E-state index in [-0.39, 0.29) is 18.4 Å². The zero-order valence-corrected chi connectivity index (χ0v) is 14.7. The van der Waals surface area contributed by atoms with E-state index in [0.29, 0.717) is 13.2 Å². The lowest BCUT2D eigenvalue weighted by Crippen LogP contribution is -2.51. The fraction of sp³-hybridized carbons (Fsp3) is 0.556. The third-order valence-corrected chi connectivity index (χ3v) is 3.89. The summed E-state index contributed by atoms with van der Waals surface area (Å²) >= 11 is 0. The highest BCUT2D eigenvalue weighted by Crippen LogP contribution is 2.15. The monoisotopic (exact) mass is 317 g/mol. The Morgan fingerprint density at radius 2 is 2.00 bits per heavy atom. The van der Waals surface area contributed by atoms with Gasteiger partial charge in [-0.25, -0.2) is 0 Å². The van der Waals surface area contributed by atoms with E-state index in [0.717, 1.165) is 11.3 Å². The number of nitriles is 1. The molecule has 1 amide bonds. The molecular formula is C18H27N3O2. The van der Waals surface area contributed by atoms with Gasteiger partial charge >= 0.3 is 0 Å². The number of nitrogens with one attached hydrogen (secondary N) is 1. The Balaban J connectivity index is 2.54. The topological polar surface area (TPSA) is 65.4 Å². The summed E-state index contributed by atoms with van der Waals surface area (Å²) in [5, 5.41) is 12.1. The van der Waals surface area contributed by atoms with Crippen molar-refractivity contribution in [2.45, 2.75) is 39.8 Å². The number of hydrogen-bond donors (Lipinski definition) is 1. The van der Waals surface area contributed by atoms with Gasteiger partial charge in [-0.1, -0.05) is 26.0 Å². The first kappa shape index (κ1) is 19.0. The summed E-state index contributed by atoms with van der Waals surface area (Å²) in [5.41, 5.74) is 0.271. The van der Waals surface area contributed by atoms with Crippen molar-refractivity contribution in [3.8, 4) is 11.8 Å². The number of benzene rings is 1. The molecule has 0 aliphatic heterocycles. The van der Waals surface area contributed by atoms with Gasteiger partial charge in [-0.3, -0.25) is 9.69 Å². The summed E-state index contributed by atoms with van der Waals surface area (Å²) in [6.07, 6.45) is 0. The summed E-state index contributed by atoms with van der Waals surface area (Å²) in [5.74, 6) is 0.752. The maximum Gasteiger partial charge on any atom is 0.235 e. The molecule has 1 atom stereocenters. The van der Waals surface area contributed by atoms with Crippen molar-refractivity contribution in [3.63, 3.8) is 0 Å². The Morgan fingerprint density at radius 3 is 2.48 bits per heavy atom. The van der Waals surface area contributed by atoms with Crippen molar-refractivity contribution in [1.82, 2.24) is 10.2 Å². The molecule has 0 saturated heterocycles. The van der Waals surface area contributed by atoms with Crippen LogP contribution in [0, 0.1) is 17.2 Å². The first-order chi connectivity index (χ1) is 10.8. The highest BCUT2D eigenvalue weighted by Gasteiger charge is 2.30. The van der Waals surface area contributed by atoms with E-state index in [4.69, 9.17) is 4.74 Å². The zero-order chi connectivity index (χ0) is 17.5. The highest BCUT2D eigenvalue weighted by molar-refractivity contribution is 5.79. The zero-order valence-electron chi connectivity index (χ0n) is 14.7. The quantitative estimate of drug-likeness (QED) is 0.800. The van der Waals surface area contributed by atoms with Gasteiger partial charge in [-0.05, 0) is 44.5 Å². The number of amides is 1. The predicted octanol–water partition coefficient (Wildman–Crippen LogP) is 2.57. The average Bonchev–Trinajstić information content (AvgIpc) is 2.48. The van der Waals surface area contributed by atoms with Crippen LogP contribution in [0.1, 0.15) is 33.3 Å². The normalized spacial score (nSPS) is 13.5. The van der Waals surface area contributed by atoms with Crippen LogP contribution in [-0.2, 0) is 11.3 Å². The lowest BCUT2D eigenvalue weighted by atomic mass is 9.90. The maximum atomic E-state index is 12.1. The smallest absolute Gasteiger partial charge is 0.235 e. The molecule has 126 valence electrons. The van der Waals surface area contributed by atoms with E-state index in [1.54, 1.807) is 6.92 Å². The van der Waals surface area contributed by atoms with Gasteiger partial charge in [0.15, 0.2) is 0 Å². The number of ether oxygens (including phenoxy) is 1. The third-order valence-electron chi connectivity index (χ3n) is 3.89. The van der Waals surface area contributed by atoms with Gasteiger partial charge in [0.2, 0.25) is 5.91 Å². The van der Waals surface area contributed by atoms with E-state index in [9.17, 15) is 10.1 Å². The number of rotatable bonds is 8. The van der Waals surface area contributed by atoms with Gasteiger partial charge in [0, 0.05) is 6.54 Å². The Bertz CT molecular complexity index is 548. The van der Waals surface area contributed by atoms with Gasteiger partial charge in [-0.15, -0.1) is 0 Å². The predicted molar refractivity (Wildman–Crippen MR) is 90.9 cm³/mol. The summed E-state index contributed by atoms with van der Waals surface area (Å²) in [7, 11) is 1.88.